The van der Waals surface area contributed by atoms with Crippen LogP contribution in [-0.4, -0.2) is 23.6 Å². The van der Waals surface area contributed by atoms with Gasteiger partial charge in [0.15, 0.2) is 0 Å². The van der Waals surface area contributed by atoms with Gasteiger partial charge < -0.3 is 4.52 Å². The minimum Gasteiger partial charge on any atom is -0.338 e. The number of nitrogens with one attached hydrogen (secondary N) is 1. The van der Waals surface area contributed by atoms with Crippen LogP contribution in [0.3, 0.4) is 0 Å². The van der Waals surface area contributed by atoms with Crippen molar-refractivity contribution >= 4 is 35.3 Å². The molecule has 0 unspecified atom stereocenters. The number of amides is 1. The van der Waals surface area contributed by atoms with Crippen molar-refractivity contribution in [1.29, 1.82) is 0 Å². The summed E-state index contributed by atoms with van der Waals surface area (Å²) in [7, 11) is 0. The van der Waals surface area contributed by atoms with Gasteiger partial charge in [0.1, 0.15) is 0 Å². The SMILES string of the molecule is CCC(C)(CC)c1cc(NC(=O)c2c(SC)cccc2SC)on1. The quantitative estimate of drug-likeness (QED) is 0.662. The minimum absolute atomic E-state index is 0.0336. The molecular weight excluding hydrogens is 340 g/mol. The van der Waals surface area contributed by atoms with Gasteiger partial charge >= 0.3 is 0 Å². The van der Waals surface area contributed by atoms with Gasteiger partial charge in [-0.15, -0.1) is 23.5 Å². The van der Waals surface area contributed by atoms with Gasteiger partial charge in [-0.05, 0) is 37.5 Å². The van der Waals surface area contributed by atoms with Crippen LogP contribution in [0.2, 0.25) is 0 Å². The molecule has 2 aromatic rings. The van der Waals surface area contributed by atoms with Gasteiger partial charge in [-0.1, -0.05) is 32.0 Å². The van der Waals surface area contributed by atoms with Gasteiger partial charge in [0.05, 0.1) is 11.3 Å². The van der Waals surface area contributed by atoms with Crippen LogP contribution in [-0.2, 0) is 5.41 Å². The van der Waals surface area contributed by atoms with Crippen LogP contribution in [0, 0.1) is 0 Å². The van der Waals surface area contributed by atoms with Crippen molar-refractivity contribution in [3.8, 4) is 0 Å². The average Bonchev–Trinajstić information content (AvgIpc) is 3.09. The van der Waals surface area contributed by atoms with Gasteiger partial charge in [-0.25, -0.2) is 0 Å². The van der Waals surface area contributed by atoms with Crippen molar-refractivity contribution in [3.05, 3.63) is 35.5 Å². The van der Waals surface area contributed by atoms with Gasteiger partial charge in [-0.3, -0.25) is 10.1 Å². The highest BCUT2D eigenvalue weighted by Gasteiger charge is 2.27. The molecule has 0 aliphatic heterocycles. The molecule has 1 heterocycles. The van der Waals surface area contributed by atoms with Crippen molar-refractivity contribution in [2.24, 2.45) is 0 Å². The number of carbonyl (C=O) groups is 1. The molecule has 0 radical (unpaired) electrons. The zero-order valence-corrected chi connectivity index (χ0v) is 16.4. The Kier molecular flexibility index (Phi) is 6.40. The van der Waals surface area contributed by atoms with Crippen LogP contribution in [0.15, 0.2) is 38.6 Å². The molecule has 0 atom stereocenters. The summed E-state index contributed by atoms with van der Waals surface area (Å²) in [5, 5.41) is 7.02. The molecule has 130 valence electrons. The van der Waals surface area contributed by atoms with Crippen molar-refractivity contribution in [2.75, 3.05) is 17.8 Å². The largest absolute Gasteiger partial charge is 0.338 e. The van der Waals surface area contributed by atoms with E-state index in [1.165, 1.54) is 0 Å². The second-order valence-electron chi connectivity index (χ2n) is 5.84. The van der Waals surface area contributed by atoms with Crippen LogP contribution < -0.4 is 5.32 Å². The maximum Gasteiger partial charge on any atom is 0.260 e. The standard InChI is InChI=1S/C18H24N2O2S2/c1-6-18(3,7-2)14-11-15(22-20-14)19-17(21)16-12(23-4)9-8-10-13(16)24-5/h8-11H,6-7H2,1-5H3,(H,19,21). The maximum atomic E-state index is 12.7. The minimum atomic E-state index is -0.165. The summed E-state index contributed by atoms with van der Waals surface area (Å²) in [4.78, 5) is 14.6. The van der Waals surface area contributed by atoms with Crippen LogP contribution in [0.1, 0.15) is 49.7 Å². The zero-order chi connectivity index (χ0) is 17.7. The highest BCUT2D eigenvalue weighted by Crippen LogP contribution is 2.33. The molecule has 0 fully saturated rings. The predicted octanol–water partition coefficient (Wildman–Crippen LogP) is 5.45. The van der Waals surface area contributed by atoms with Crippen LogP contribution >= 0.6 is 23.5 Å². The molecule has 4 nitrogen and oxygen atoms in total. The molecule has 0 aliphatic carbocycles. The summed E-state index contributed by atoms with van der Waals surface area (Å²) in [6.45, 7) is 6.43. The molecule has 0 saturated heterocycles. The number of nitrogens with zero attached hydrogens (tertiary/aromatic N) is 1. The summed E-state index contributed by atoms with van der Waals surface area (Å²) in [5.74, 6) is 0.229. The Morgan fingerprint density at radius 3 is 2.29 bits per heavy atom. The van der Waals surface area contributed by atoms with E-state index in [0.29, 0.717) is 11.4 Å². The van der Waals surface area contributed by atoms with E-state index in [9.17, 15) is 4.79 Å². The molecule has 24 heavy (non-hydrogen) atoms. The fourth-order valence-electron chi connectivity index (χ4n) is 2.48. The fraction of sp³-hybridized carbons (Fsp3) is 0.444. The van der Waals surface area contributed by atoms with Gasteiger partial charge in [-0.2, -0.15) is 0 Å². The van der Waals surface area contributed by atoms with E-state index in [1.54, 1.807) is 23.5 Å². The molecule has 1 amide bonds. The molecular formula is C18H24N2O2S2. The lowest BCUT2D eigenvalue weighted by molar-refractivity contribution is 0.101. The molecule has 1 N–H and O–H groups in total. The first-order chi connectivity index (χ1) is 11.5. The van der Waals surface area contributed by atoms with E-state index in [2.05, 4.69) is 31.2 Å². The Bertz CT molecular complexity index is 687. The molecule has 1 aromatic heterocycles. The first kappa shape index (κ1) is 18.9. The van der Waals surface area contributed by atoms with Crippen molar-refractivity contribution < 1.29 is 9.32 Å². The molecule has 0 bridgehead atoms. The van der Waals surface area contributed by atoms with E-state index in [4.69, 9.17) is 4.52 Å². The summed E-state index contributed by atoms with van der Waals surface area (Å²) in [6, 6.07) is 7.72. The highest BCUT2D eigenvalue weighted by atomic mass is 32.2. The van der Waals surface area contributed by atoms with E-state index in [-0.39, 0.29) is 11.3 Å². The third-order valence-electron chi connectivity index (χ3n) is 4.58. The van der Waals surface area contributed by atoms with E-state index in [0.717, 1.165) is 28.3 Å². The number of rotatable bonds is 7. The van der Waals surface area contributed by atoms with Crippen molar-refractivity contribution in [3.63, 3.8) is 0 Å². The second-order valence-corrected chi connectivity index (χ2v) is 7.53. The fourth-order valence-corrected chi connectivity index (χ4v) is 3.79. The van der Waals surface area contributed by atoms with Crippen LogP contribution in [0.5, 0.6) is 0 Å². The number of hydrogen-bond donors (Lipinski definition) is 1. The van der Waals surface area contributed by atoms with Crippen LogP contribution in [0.25, 0.3) is 0 Å². The second kappa shape index (κ2) is 8.12. The third-order valence-corrected chi connectivity index (χ3v) is 6.14. The first-order valence-electron chi connectivity index (χ1n) is 7.98. The number of carbonyl (C=O) groups excluding carboxylic acids is 1. The van der Waals surface area contributed by atoms with Gasteiger partial charge in [0.2, 0.25) is 5.88 Å². The zero-order valence-electron chi connectivity index (χ0n) is 14.8. The smallest absolute Gasteiger partial charge is 0.260 e. The number of thioether (sulfide) groups is 2. The summed E-state index contributed by atoms with van der Waals surface area (Å²) in [5.41, 5.74) is 1.53. The Labute approximate surface area is 152 Å². The molecule has 0 spiro atoms. The average molecular weight is 365 g/mol. The van der Waals surface area contributed by atoms with Crippen LogP contribution in [0.4, 0.5) is 5.88 Å². The summed E-state index contributed by atoms with van der Waals surface area (Å²) in [6.07, 6.45) is 5.87. The number of benzene rings is 1. The monoisotopic (exact) mass is 364 g/mol. The lowest BCUT2D eigenvalue weighted by atomic mass is 9.81. The summed E-state index contributed by atoms with van der Waals surface area (Å²) >= 11 is 3.12. The maximum absolute atomic E-state index is 12.7. The van der Waals surface area contributed by atoms with Crippen molar-refractivity contribution in [2.45, 2.75) is 48.8 Å². The Hall–Kier alpha value is -1.40. The Balaban J connectivity index is 2.27. The lowest BCUT2D eigenvalue weighted by Gasteiger charge is -2.22. The number of anilines is 1. The first-order valence-corrected chi connectivity index (χ1v) is 10.4. The van der Waals surface area contributed by atoms with Gasteiger partial charge in [0, 0.05) is 21.3 Å². The van der Waals surface area contributed by atoms with E-state index >= 15 is 0 Å². The molecule has 2 rings (SSSR count). The molecule has 6 heteroatoms. The predicted molar refractivity (Wildman–Crippen MR) is 102 cm³/mol. The van der Waals surface area contributed by atoms with E-state index < -0.39 is 0 Å². The highest BCUT2D eigenvalue weighted by molar-refractivity contribution is 7.99. The normalized spacial score (nSPS) is 11.5. The van der Waals surface area contributed by atoms with Gasteiger partial charge in [0.25, 0.3) is 5.91 Å². The Morgan fingerprint density at radius 1 is 1.21 bits per heavy atom. The summed E-state index contributed by atoms with van der Waals surface area (Å²) < 4.78 is 5.36. The lowest BCUT2D eigenvalue weighted by Crippen LogP contribution is -2.19. The topological polar surface area (TPSA) is 55.1 Å². The van der Waals surface area contributed by atoms with Crippen molar-refractivity contribution in [1.82, 2.24) is 5.16 Å². The third kappa shape index (κ3) is 3.81. The Morgan fingerprint density at radius 2 is 1.79 bits per heavy atom. The molecule has 0 aliphatic rings. The molecule has 1 aromatic carbocycles. The number of aromatic nitrogens is 1. The van der Waals surface area contributed by atoms with E-state index in [1.807, 2.05) is 36.8 Å². The molecule has 0 saturated carbocycles. The number of hydrogen-bond acceptors (Lipinski definition) is 5.